The summed E-state index contributed by atoms with van der Waals surface area (Å²) in [4.78, 5) is 32.2. The third-order valence-corrected chi connectivity index (χ3v) is 6.85. The van der Waals surface area contributed by atoms with Crippen LogP contribution in [0.4, 0.5) is 16.2 Å². The monoisotopic (exact) mass is 463 g/mol. The van der Waals surface area contributed by atoms with E-state index in [0.717, 1.165) is 70.6 Å². The number of fused-ring (bicyclic) bond motifs is 1. The number of amides is 3. The lowest BCUT2D eigenvalue weighted by Crippen LogP contribution is -2.46. The van der Waals surface area contributed by atoms with Crippen molar-refractivity contribution in [3.63, 3.8) is 0 Å². The van der Waals surface area contributed by atoms with E-state index in [1.807, 2.05) is 23.1 Å². The van der Waals surface area contributed by atoms with Crippen LogP contribution in [-0.4, -0.2) is 74.1 Å². The molecule has 0 bridgehead atoms. The number of aryl methyl sites for hydroxylation is 1. The molecule has 0 spiro atoms. The van der Waals surface area contributed by atoms with Crippen LogP contribution in [0.1, 0.15) is 42.1 Å². The first-order valence-electron chi connectivity index (χ1n) is 12.6. The van der Waals surface area contributed by atoms with Gasteiger partial charge in [-0.2, -0.15) is 0 Å². The molecule has 0 aliphatic carbocycles. The molecule has 2 aliphatic heterocycles. The molecule has 1 saturated heterocycles. The molecule has 4 rings (SSSR count). The van der Waals surface area contributed by atoms with Gasteiger partial charge in [0.05, 0.1) is 0 Å². The molecule has 7 nitrogen and oxygen atoms in total. The molecule has 0 aromatic heterocycles. The summed E-state index contributed by atoms with van der Waals surface area (Å²) in [7, 11) is 0. The van der Waals surface area contributed by atoms with Gasteiger partial charge in [-0.15, -0.1) is 0 Å². The molecule has 2 aromatic carbocycles. The molecule has 0 atom stereocenters. The Balaban J connectivity index is 1.23. The van der Waals surface area contributed by atoms with Crippen LogP contribution in [0.15, 0.2) is 48.5 Å². The van der Waals surface area contributed by atoms with Crippen molar-refractivity contribution in [2.45, 2.75) is 32.6 Å². The quantitative estimate of drug-likeness (QED) is 0.613. The summed E-state index contributed by atoms with van der Waals surface area (Å²) in [6.07, 6.45) is 4.01. The summed E-state index contributed by atoms with van der Waals surface area (Å²) >= 11 is 0. The number of nitrogens with zero attached hydrogens (tertiary/aromatic N) is 3. The smallest absolute Gasteiger partial charge is 0.326 e. The van der Waals surface area contributed by atoms with Gasteiger partial charge in [-0.1, -0.05) is 25.1 Å². The number of piperazine rings is 1. The van der Waals surface area contributed by atoms with Crippen LogP contribution >= 0.6 is 0 Å². The highest BCUT2D eigenvalue weighted by Gasteiger charge is 2.21. The van der Waals surface area contributed by atoms with E-state index in [0.29, 0.717) is 24.3 Å². The van der Waals surface area contributed by atoms with E-state index < -0.39 is 0 Å². The van der Waals surface area contributed by atoms with E-state index in [1.54, 1.807) is 24.3 Å². The average Bonchev–Trinajstić information content (AvgIpc) is 3.10. The van der Waals surface area contributed by atoms with E-state index in [1.165, 1.54) is 5.56 Å². The van der Waals surface area contributed by atoms with Gasteiger partial charge in [0.1, 0.15) is 0 Å². The first kappa shape index (κ1) is 24.2. The number of nitrogens with one attached hydrogen (secondary N) is 2. The van der Waals surface area contributed by atoms with Crippen molar-refractivity contribution in [2.24, 2.45) is 0 Å². The second kappa shape index (κ2) is 12.0. The van der Waals surface area contributed by atoms with Gasteiger partial charge < -0.3 is 20.4 Å². The van der Waals surface area contributed by atoms with Gasteiger partial charge in [-0.25, -0.2) is 4.79 Å². The summed E-state index contributed by atoms with van der Waals surface area (Å²) < 4.78 is 0. The number of rotatable bonds is 7. The molecule has 2 heterocycles. The zero-order chi connectivity index (χ0) is 23.8. The predicted octanol–water partition coefficient (Wildman–Crippen LogP) is 3.82. The standard InChI is InChI=1S/C27H37N5O2/c1-2-30-18-20-31(21-19-30)16-7-15-28-26(33)23-11-13-24(14-12-23)29-27(34)32-17-6-5-9-22-8-3-4-10-25(22)32/h3-4,8,10-14H,2,5-7,9,15-21H2,1H3,(H,28,33)(H,29,34). The van der Waals surface area contributed by atoms with Crippen molar-refractivity contribution in [3.8, 4) is 0 Å². The fourth-order valence-electron chi connectivity index (χ4n) is 4.73. The Morgan fingerprint density at radius 2 is 1.62 bits per heavy atom. The fourth-order valence-corrected chi connectivity index (χ4v) is 4.73. The van der Waals surface area contributed by atoms with Gasteiger partial charge in [0.2, 0.25) is 0 Å². The number of urea groups is 1. The van der Waals surface area contributed by atoms with E-state index in [4.69, 9.17) is 0 Å². The minimum Gasteiger partial charge on any atom is -0.352 e. The maximum absolute atomic E-state index is 13.0. The lowest BCUT2D eigenvalue weighted by Gasteiger charge is -2.33. The Labute approximate surface area is 203 Å². The van der Waals surface area contributed by atoms with Gasteiger partial charge >= 0.3 is 6.03 Å². The maximum atomic E-state index is 13.0. The van der Waals surface area contributed by atoms with E-state index >= 15 is 0 Å². The highest BCUT2D eigenvalue weighted by Crippen LogP contribution is 2.26. The Morgan fingerprint density at radius 1 is 0.882 bits per heavy atom. The minimum absolute atomic E-state index is 0.0740. The largest absolute Gasteiger partial charge is 0.352 e. The number of hydrogen-bond acceptors (Lipinski definition) is 4. The second-order valence-corrected chi connectivity index (χ2v) is 9.13. The average molecular weight is 464 g/mol. The lowest BCUT2D eigenvalue weighted by atomic mass is 10.1. The van der Waals surface area contributed by atoms with Crippen LogP contribution in [0.25, 0.3) is 0 Å². The molecule has 1 fully saturated rings. The van der Waals surface area contributed by atoms with E-state index in [9.17, 15) is 9.59 Å². The Kier molecular flexibility index (Phi) is 8.55. The summed E-state index contributed by atoms with van der Waals surface area (Å²) in [5.74, 6) is -0.0740. The molecule has 182 valence electrons. The third-order valence-electron chi connectivity index (χ3n) is 6.85. The number of carbonyl (C=O) groups is 2. The Hall–Kier alpha value is -2.90. The van der Waals surface area contributed by atoms with Crippen LogP contribution in [0.2, 0.25) is 0 Å². The molecule has 2 N–H and O–H groups in total. The van der Waals surface area contributed by atoms with Crippen molar-refractivity contribution in [2.75, 3.05) is 62.6 Å². The Bertz CT molecular complexity index is 954. The first-order valence-corrected chi connectivity index (χ1v) is 12.6. The third kappa shape index (κ3) is 6.36. The van der Waals surface area contributed by atoms with Gasteiger partial charge in [-0.05, 0) is 74.7 Å². The molecule has 34 heavy (non-hydrogen) atoms. The highest BCUT2D eigenvalue weighted by atomic mass is 16.2. The predicted molar refractivity (Wildman–Crippen MR) is 138 cm³/mol. The first-order chi connectivity index (χ1) is 16.6. The van der Waals surface area contributed by atoms with Gasteiger partial charge in [0, 0.05) is 56.2 Å². The molecular weight excluding hydrogens is 426 g/mol. The fraction of sp³-hybridized carbons (Fsp3) is 0.481. The minimum atomic E-state index is -0.133. The SMILES string of the molecule is CCN1CCN(CCCNC(=O)c2ccc(NC(=O)N3CCCCc4ccccc43)cc2)CC1. The van der Waals surface area contributed by atoms with E-state index in [2.05, 4.69) is 33.4 Å². The van der Waals surface area contributed by atoms with Crippen LogP contribution in [-0.2, 0) is 6.42 Å². The summed E-state index contributed by atoms with van der Waals surface area (Å²) in [6.45, 7) is 10.2. The molecule has 0 saturated carbocycles. The van der Waals surface area contributed by atoms with Gasteiger partial charge in [-0.3, -0.25) is 9.69 Å². The summed E-state index contributed by atoms with van der Waals surface area (Å²) in [6, 6.07) is 15.1. The van der Waals surface area contributed by atoms with Gasteiger partial charge in [0.15, 0.2) is 0 Å². The van der Waals surface area contributed by atoms with Crippen molar-refractivity contribution in [3.05, 3.63) is 59.7 Å². The number of carbonyl (C=O) groups excluding carboxylic acids is 2. The highest BCUT2D eigenvalue weighted by molar-refractivity contribution is 6.02. The topological polar surface area (TPSA) is 67.9 Å². The van der Waals surface area contributed by atoms with Crippen molar-refractivity contribution >= 4 is 23.3 Å². The van der Waals surface area contributed by atoms with Crippen molar-refractivity contribution < 1.29 is 9.59 Å². The van der Waals surface area contributed by atoms with Crippen LogP contribution in [0.5, 0.6) is 0 Å². The molecule has 2 aliphatic rings. The maximum Gasteiger partial charge on any atom is 0.326 e. The molecular formula is C27H37N5O2. The zero-order valence-corrected chi connectivity index (χ0v) is 20.3. The van der Waals surface area contributed by atoms with E-state index in [-0.39, 0.29) is 11.9 Å². The van der Waals surface area contributed by atoms with Crippen molar-refractivity contribution in [1.82, 2.24) is 15.1 Å². The number of para-hydroxylation sites is 1. The summed E-state index contributed by atoms with van der Waals surface area (Å²) in [5.41, 5.74) is 3.50. The van der Waals surface area contributed by atoms with Gasteiger partial charge in [0.25, 0.3) is 5.91 Å². The molecule has 7 heteroatoms. The molecule has 0 unspecified atom stereocenters. The lowest BCUT2D eigenvalue weighted by molar-refractivity contribution is 0.0948. The van der Waals surface area contributed by atoms with Crippen LogP contribution in [0.3, 0.4) is 0 Å². The molecule has 2 aromatic rings. The number of benzene rings is 2. The normalized spacial score (nSPS) is 17.0. The number of hydrogen-bond donors (Lipinski definition) is 2. The zero-order valence-electron chi connectivity index (χ0n) is 20.3. The van der Waals surface area contributed by atoms with Crippen LogP contribution in [0, 0.1) is 0 Å². The molecule has 3 amide bonds. The second-order valence-electron chi connectivity index (χ2n) is 9.13. The number of anilines is 2. The number of likely N-dealkylation sites (N-methyl/N-ethyl adjacent to an activating group) is 1. The van der Waals surface area contributed by atoms with Crippen molar-refractivity contribution in [1.29, 1.82) is 0 Å². The van der Waals surface area contributed by atoms with Crippen LogP contribution < -0.4 is 15.5 Å². The molecule has 0 radical (unpaired) electrons. The summed E-state index contributed by atoms with van der Waals surface area (Å²) in [5, 5.41) is 6.01. The Morgan fingerprint density at radius 3 is 2.38 bits per heavy atom.